The van der Waals surface area contributed by atoms with E-state index in [9.17, 15) is 19.2 Å². The van der Waals surface area contributed by atoms with E-state index >= 15 is 0 Å². The highest BCUT2D eigenvalue weighted by Crippen LogP contribution is 2.24. The summed E-state index contributed by atoms with van der Waals surface area (Å²) in [4.78, 5) is 49.5. The van der Waals surface area contributed by atoms with E-state index in [1.54, 1.807) is 30.3 Å². The molecule has 0 aliphatic carbocycles. The molecule has 32 heavy (non-hydrogen) atoms. The van der Waals surface area contributed by atoms with E-state index in [0.29, 0.717) is 22.6 Å². The Balaban J connectivity index is 1.34. The van der Waals surface area contributed by atoms with Crippen molar-refractivity contribution in [1.29, 1.82) is 0 Å². The van der Waals surface area contributed by atoms with Crippen molar-refractivity contribution in [1.82, 2.24) is 4.90 Å². The lowest BCUT2D eigenvalue weighted by atomic mass is 10.1. The number of hydrogen-bond donors (Lipinski definition) is 2. The van der Waals surface area contributed by atoms with Gasteiger partial charge in [-0.3, -0.25) is 19.3 Å². The number of carboxylic acids is 1. The molecule has 0 fully saturated rings. The second-order valence-electron chi connectivity index (χ2n) is 7.10. The Kier molecular flexibility index (Phi) is 5.67. The topological polar surface area (TPSA) is 113 Å². The Morgan fingerprint density at radius 3 is 2.41 bits per heavy atom. The zero-order valence-corrected chi connectivity index (χ0v) is 16.8. The van der Waals surface area contributed by atoms with Crippen LogP contribution in [0, 0.1) is 0 Å². The molecule has 0 aromatic heterocycles. The molecule has 3 aromatic rings. The summed E-state index contributed by atoms with van der Waals surface area (Å²) in [5, 5.41) is 11.6. The number of aromatic carboxylic acids is 1. The van der Waals surface area contributed by atoms with Crippen LogP contribution >= 0.6 is 0 Å². The van der Waals surface area contributed by atoms with Crippen molar-refractivity contribution in [2.24, 2.45) is 0 Å². The molecule has 3 amide bonds. The average Bonchev–Trinajstić information content (AvgIpc) is 3.14. The lowest BCUT2D eigenvalue weighted by Gasteiger charge is -2.14. The number of fused-ring (bicyclic) bond motifs is 1. The van der Waals surface area contributed by atoms with Gasteiger partial charge in [0.15, 0.2) is 6.61 Å². The molecule has 0 atom stereocenters. The van der Waals surface area contributed by atoms with Crippen LogP contribution in [0.5, 0.6) is 5.75 Å². The van der Waals surface area contributed by atoms with Gasteiger partial charge in [0.05, 0.1) is 12.1 Å². The molecule has 0 spiro atoms. The van der Waals surface area contributed by atoms with E-state index in [-0.39, 0.29) is 24.6 Å². The minimum absolute atomic E-state index is 0.0588. The lowest BCUT2D eigenvalue weighted by Crippen LogP contribution is -2.31. The molecule has 0 saturated carbocycles. The van der Waals surface area contributed by atoms with E-state index in [0.717, 1.165) is 5.56 Å². The minimum Gasteiger partial charge on any atom is -0.484 e. The van der Waals surface area contributed by atoms with Crippen molar-refractivity contribution >= 4 is 29.4 Å². The highest BCUT2D eigenvalue weighted by Gasteiger charge is 2.32. The van der Waals surface area contributed by atoms with Gasteiger partial charge < -0.3 is 15.2 Å². The first-order valence-corrected chi connectivity index (χ1v) is 9.72. The van der Waals surface area contributed by atoms with Crippen molar-refractivity contribution in [2.75, 3.05) is 11.9 Å². The number of ether oxygens (including phenoxy) is 1. The molecule has 1 heterocycles. The predicted molar refractivity (Wildman–Crippen MR) is 115 cm³/mol. The summed E-state index contributed by atoms with van der Waals surface area (Å²) < 4.78 is 5.43. The maximum absolute atomic E-state index is 12.7. The molecule has 1 aliphatic rings. The predicted octanol–water partition coefficient (Wildman–Crippen LogP) is 3.20. The molecule has 0 saturated heterocycles. The number of carbonyl (C=O) groups excluding carboxylic acids is 3. The van der Waals surface area contributed by atoms with Gasteiger partial charge in [-0.2, -0.15) is 0 Å². The fourth-order valence-corrected chi connectivity index (χ4v) is 3.34. The molecule has 160 valence electrons. The van der Waals surface area contributed by atoms with Gasteiger partial charge in [0.2, 0.25) is 0 Å². The number of rotatable bonds is 6. The number of carbonyl (C=O) groups is 4. The summed E-state index contributed by atoms with van der Waals surface area (Å²) in [6, 6.07) is 19.1. The molecular formula is C24H18N2O6. The summed E-state index contributed by atoms with van der Waals surface area (Å²) >= 11 is 0. The molecule has 3 aromatic carbocycles. The fraction of sp³-hybridized carbons (Fsp3) is 0.0833. The molecule has 8 nitrogen and oxygen atoms in total. The maximum Gasteiger partial charge on any atom is 0.335 e. The van der Waals surface area contributed by atoms with Crippen molar-refractivity contribution in [2.45, 2.75) is 6.54 Å². The molecule has 0 unspecified atom stereocenters. The van der Waals surface area contributed by atoms with Gasteiger partial charge in [-0.25, -0.2) is 4.79 Å². The highest BCUT2D eigenvalue weighted by atomic mass is 16.5. The third-order valence-electron chi connectivity index (χ3n) is 4.93. The Morgan fingerprint density at radius 1 is 0.938 bits per heavy atom. The average molecular weight is 430 g/mol. The van der Waals surface area contributed by atoms with E-state index in [1.165, 1.54) is 35.2 Å². The Hall–Kier alpha value is -4.46. The van der Waals surface area contributed by atoms with Crippen molar-refractivity contribution in [3.8, 4) is 5.75 Å². The Morgan fingerprint density at radius 2 is 1.69 bits per heavy atom. The number of anilines is 1. The van der Waals surface area contributed by atoms with Crippen LogP contribution in [0.25, 0.3) is 0 Å². The first-order valence-electron chi connectivity index (χ1n) is 9.72. The monoisotopic (exact) mass is 430 g/mol. The van der Waals surface area contributed by atoms with Gasteiger partial charge in [0, 0.05) is 16.8 Å². The van der Waals surface area contributed by atoms with Crippen LogP contribution in [0.4, 0.5) is 5.69 Å². The van der Waals surface area contributed by atoms with Crippen molar-refractivity contribution < 1.29 is 29.0 Å². The quantitative estimate of drug-likeness (QED) is 0.581. The molecule has 4 rings (SSSR count). The van der Waals surface area contributed by atoms with Crippen LogP contribution < -0.4 is 10.1 Å². The summed E-state index contributed by atoms with van der Waals surface area (Å²) in [6.45, 7) is -0.0696. The van der Waals surface area contributed by atoms with E-state index in [2.05, 4.69) is 5.32 Å². The number of nitrogens with zero attached hydrogens (tertiary/aromatic N) is 1. The van der Waals surface area contributed by atoms with Crippen LogP contribution in [0.3, 0.4) is 0 Å². The standard InChI is InChI=1S/C24H18N2O6/c27-21(25-18-6-3-5-16(12-18)24(30)31)14-32-19-10-8-15(9-11-19)22(28)26-13-17-4-1-2-7-20(17)23(26)29/h1-12H,13-14H2,(H,25,27)(H,30,31). The summed E-state index contributed by atoms with van der Waals surface area (Å²) in [7, 11) is 0. The van der Waals surface area contributed by atoms with Crippen LogP contribution in [0.2, 0.25) is 0 Å². The first kappa shape index (κ1) is 20.8. The number of carboxylic acid groups (broad SMARTS) is 1. The Bertz CT molecular complexity index is 1220. The van der Waals surface area contributed by atoms with Gasteiger partial charge in [0.25, 0.3) is 17.7 Å². The molecule has 0 radical (unpaired) electrons. The van der Waals surface area contributed by atoms with Gasteiger partial charge >= 0.3 is 5.97 Å². The zero-order chi connectivity index (χ0) is 22.7. The summed E-state index contributed by atoms with van der Waals surface area (Å²) in [5.41, 5.74) is 2.07. The number of amides is 3. The van der Waals surface area contributed by atoms with Crippen molar-refractivity contribution in [3.05, 3.63) is 95.1 Å². The fourth-order valence-electron chi connectivity index (χ4n) is 3.34. The third-order valence-corrected chi connectivity index (χ3v) is 4.93. The van der Waals surface area contributed by atoms with Gasteiger partial charge in [0.1, 0.15) is 5.75 Å². The first-order chi connectivity index (χ1) is 15.4. The Labute approximate surface area is 183 Å². The number of nitrogens with one attached hydrogen (secondary N) is 1. The second-order valence-corrected chi connectivity index (χ2v) is 7.10. The zero-order valence-electron chi connectivity index (χ0n) is 16.8. The van der Waals surface area contributed by atoms with Gasteiger partial charge in [-0.05, 0) is 54.1 Å². The number of hydrogen-bond acceptors (Lipinski definition) is 5. The summed E-state index contributed by atoms with van der Waals surface area (Å²) in [5.74, 6) is -1.92. The number of imide groups is 1. The maximum atomic E-state index is 12.7. The van der Waals surface area contributed by atoms with Gasteiger partial charge in [-0.15, -0.1) is 0 Å². The van der Waals surface area contributed by atoms with Crippen LogP contribution in [-0.4, -0.2) is 40.3 Å². The largest absolute Gasteiger partial charge is 0.484 e. The lowest BCUT2D eigenvalue weighted by molar-refractivity contribution is -0.118. The second kappa shape index (κ2) is 8.73. The van der Waals surface area contributed by atoms with E-state index in [4.69, 9.17) is 9.84 Å². The molecule has 0 bridgehead atoms. The van der Waals surface area contributed by atoms with Gasteiger partial charge in [-0.1, -0.05) is 24.3 Å². The molecule has 2 N–H and O–H groups in total. The van der Waals surface area contributed by atoms with E-state index < -0.39 is 17.8 Å². The van der Waals surface area contributed by atoms with Crippen molar-refractivity contribution in [3.63, 3.8) is 0 Å². The molecule has 1 aliphatic heterocycles. The minimum atomic E-state index is -1.09. The van der Waals surface area contributed by atoms with Crippen LogP contribution in [0.15, 0.2) is 72.8 Å². The molecule has 8 heteroatoms. The highest BCUT2D eigenvalue weighted by molar-refractivity contribution is 6.12. The van der Waals surface area contributed by atoms with Crippen LogP contribution in [0.1, 0.15) is 36.6 Å². The SMILES string of the molecule is O=C(COc1ccc(C(=O)N2Cc3ccccc3C2=O)cc1)Nc1cccc(C(=O)O)c1. The normalized spacial score (nSPS) is 12.2. The van der Waals surface area contributed by atoms with E-state index in [1.807, 2.05) is 12.1 Å². The number of benzene rings is 3. The smallest absolute Gasteiger partial charge is 0.335 e. The third kappa shape index (κ3) is 4.34. The summed E-state index contributed by atoms with van der Waals surface area (Å²) in [6.07, 6.45) is 0. The van der Waals surface area contributed by atoms with Crippen LogP contribution in [-0.2, 0) is 11.3 Å². The molecular weight excluding hydrogens is 412 g/mol.